The van der Waals surface area contributed by atoms with Gasteiger partial charge in [0.05, 0.1) is 5.56 Å². The van der Waals surface area contributed by atoms with Crippen LogP contribution in [-0.2, 0) is 12.8 Å². The van der Waals surface area contributed by atoms with E-state index in [1.165, 1.54) is 10.4 Å². The first-order valence-electron chi connectivity index (χ1n) is 9.11. The minimum absolute atomic E-state index is 0.0196. The molecule has 0 amide bonds. The van der Waals surface area contributed by atoms with Crippen LogP contribution >= 0.6 is 11.3 Å². The lowest BCUT2D eigenvalue weighted by molar-refractivity contribution is 0.218. The molecule has 0 fully saturated rings. The third-order valence-electron chi connectivity index (χ3n) is 5.08. The largest absolute Gasteiger partial charge is 0.479 e. The molecule has 2 aromatic rings. The maximum absolute atomic E-state index is 9.66. The van der Waals surface area contributed by atoms with E-state index in [1.807, 2.05) is 30.3 Å². The highest BCUT2D eigenvalue weighted by atomic mass is 32.1. The highest BCUT2D eigenvalue weighted by molar-refractivity contribution is 7.16. The lowest BCUT2D eigenvalue weighted by atomic mass is 9.72. The van der Waals surface area contributed by atoms with Crippen molar-refractivity contribution in [3.8, 4) is 17.9 Å². The Bertz CT molecular complexity index is 938. The number of hydrogen-bond acceptors (Lipinski definition) is 5. The molecule has 0 radical (unpaired) electrons. The van der Waals surface area contributed by atoms with E-state index in [0.717, 1.165) is 35.4 Å². The van der Waals surface area contributed by atoms with Gasteiger partial charge in [0.2, 0.25) is 0 Å². The van der Waals surface area contributed by atoms with Gasteiger partial charge in [-0.25, -0.2) is 4.99 Å². The molecule has 1 atom stereocenters. The summed E-state index contributed by atoms with van der Waals surface area (Å²) in [6.07, 6.45) is 4.89. The summed E-state index contributed by atoms with van der Waals surface area (Å²) in [6.45, 7) is 6.90. The fraction of sp³-hybridized carbons (Fsp3) is 0.409. The molecule has 1 aliphatic carbocycles. The monoisotopic (exact) mass is 377 g/mol. The van der Waals surface area contributed by atoms with E-state index >= 15 is 0 Å². The average molecular weight is 378 g/mol. The van der Waals surface area contributed by atoms with Gasteiger partial charge in [-0.1, -0.05) is 32.9 Å². The van der Waals surface area contributed by atoms with Gasteiger partial charge in [0, 0.05) is 11.1 Å². The van der Waals surface area contributed by atoms with Crippen molar-refractivity contribution in [3.63, 3.8) is 0 Å². The van der Waals surface area contributed by atoms with Crippen molar-refractivity contribution in [2.24, 2.45) is 16.3 Å². The van der Waals surface area contributed by atoms with Crippen molar-refractivity contribution >= 4 is 22.6 Å². The summed E-state index contributed by atoms with van der Waals surface area (Å²) in [4.78, 5) is 5.93. The van der Waals surface area contributed by atoms with Crippen LogP contribution in [0.25, 0.3) is 0 Å². The Morgan fingerprint density at radius 3 is 2.85 bits per heavy atom. The first kappa shape index (κ1) is 19.1. The van der Waals surface area contributed by atoms with Crippen LogP contribution in [0.5, 0.6) is 5.75 Å². The van der Waals surface area contributed by atoms with Crippen molar-refractivity contribution in [1.82, 2.24) is 0 Å². The number of thiophene rings is 1. The summed E-state index contributed by atoms with van der Waals surface area (Å²) in [5, 5.41) is 19.1. The van der Waals surface area contributed by atoms with E-state index < -0.39 is 0 Å². The van der Waals surface area contributed by atoms with Crippen LogP contribution in [-0.4, -0.2) is 12.8 Å². The molecule has 0 bridgehead atoms. The van der Waals surface area contributed by atoms with Gasteiger partial charge in [0.15, 0.2) is 6.61 Å². The molecule has 1 heterocycles. The maximum atomic E-state index is 9.66. The number of nitriles is 2. The molecule has 0 spiro atoms. The lowest BCUT2D eigenvalue weighted by Crippen LogP contribution is -2.26. The van der Waals surface area contributed by atoms with Crippen LogP contribution in [0.1, 0.15) is 48.8 Å². The number of rotatable bonds is 4. The minimum atomic E-state index is 0.0196. The molecule has 1 aromatic carbocycles. The Morgan fingerprint density at radius 1 is 1.33 bits per heavy atom. The predicted octanol–water partition coefficient (Wildman–Crippen LogP) is 5.42. The first-order valence-corrected chi connectivity index (χ1v) is 9.92. The van der Waals surface area contributed by atoms with E-state index in [9.17, 15) is 5.26 Å². The fourth-order valence-corrected chi connectivity index (χ4v) is 4.67. The van der Waals surface area contributed by atoms with E-state index in [2.05, 4.69) is 31.8 Å². The van der Waals surface area contributed by atoms with Gasteiger partial charge in [0.25, 0.3) is 0 Å². The lowest BCUT2D eigenvalue weighted by Gasteiger charge is -2.33. The zero-order valence-electron chi connectivity index (χ0n) is 16.0. The molecule has 4 nitrogen and oxygen atoms in total. The second kappa shape index (κ2) is 7.94. The van der Waals surface area contributed by atoms with Gasteiger partial charge >= 0.3 is 0 Å². The predicted molar refractivity (Wildman–Crippen MR) is 109 cm³/mol. The summed E-state index contributed by atoms with van der Waals surface area (Å²) >= 11 is 1.65. The molecule has 3 rings (SSSR count). The standard InChI is InChI=1S/C22H23N3OS/c1-22(2,3)16-7-8-18-19(13-24)21(27-20(18)12-16)25-14-15-5-4-6-17(11-15)26-10-9-23/h4-6,11,14,16H,7-8,10,12H2,1-3H3/t16-/m1/s1. The molecule has 1 aliphatic rings. The fourth-order valence-electron chi connectivity index (χ4n) is 3.45. The van der Waals surface area contributed by atoms with E-state index in [-0.39, 0.29) is 12.0 Å². The highest BCUT2D eigenvalue weighted by Gasteiger charge is 2.32. The molecule has 0 N–H and O–H groups in total. The van der Waals surface area contributed by atoms with Crippen molar-refractivity contribution in [3.05, 3.63) is 45.8 Å². The third-order valence-corrected chi connectivity index (χ3v) is 6.24. The van der Waals surface area contributed by atoms with Gasteiger partial charge in [-0.2, -0.15) is 10.5 Å². The van der Waals surface area contributed by atoms with E-state index in [4.69, 9.17) is 10.00 Å². The SMILES string of the molecule is CC(C)(C)[C@@H]1CCc2c(sc(N=Cc3cccc(OCC#N)c3)c2C#N)C1. The van der Waals surface area contributed by atoms with Gasteiger partial charge in [-0.3, -0.25) is 0 Å². The zero-order valence-corrected chi connectivity index (χ0v) is 16.8. The quantitative estimate of drug-likeness (QED) is 0.668. The third kappa shape index (κ3) is 4.38. The molecular formula is C22H23N3OS. The molecule has 0 saturated heterocycles. The molecular weight excluding hydrogens is 354 g/mol. The van der Waals surface area contributed by atoms with E-state index in [0.29, 0.717) is 11.7 Å². The smallest absolute Gasteiger partial charge is 0.174 e. The van der Waals surface area contributed by atoms with Crippen LogP contribution in [0.3, 0.4) is 0 Å². The number of nitrogens with zero attached hydrogens (tertiary/aromatic N) is 3. The molecule has 0 unspecified atom stereocenters. The Balaban J connectivity index is 1.84. The Labute approximate surface area is 164 Å². The normalized spacial score (nSPS) is 16.6. The first-order chi connectivity index (χ1) is 12.9. The Kier molecular flexibility index (Phi) is 5.63. The number of fused-ring (bicyclic) bond motifs is 1. The van der Waals surface area contributed by atoms with Crippen LogP contribution in [0.15, 0.2) is 29.3 Å². The van der Waals surface area contributed by atoms with E-state index in [1.54, 1.807) is 17.6 Å². The summed E-state index contributed by atoms with van der Waals surface area (Å²) in [5.74, 6) is 1.28. The van der Waals surface area contributed by atoms with Crippen LogP contribution in [0, 0.1) is 34.0 Å². The molecule has 0 saturated carbocycles. The van der Waals surface area contributed by atoms with Gasteiger partial charge in [0.1, 0.15) is 22.9 Å². The van der Waals surface area contributed by atoms with Gasteiger partial charge < -0.3 is 4.74 Å². The van der Waals surface area contributed by atoms with Crippen LogP contribution in [0.4, 0.5) is 5.00 Å². The second-order valence-corrected chi connectivity index (χ2v) is 8.96. The maximum Gasteiger partial charge on any atom is 0.174 e. The van der Waals surface area contributed by atoms with Gasteiger partial charge in [-0.15, -0.1) is 11.3 Å². The zero-order chi connectivity index (χ0) is 19.4. The summed E-state index contributed by atoms with van der Waals surface area (Å²) in [6, 6.07) is 11.8. The number of hydrogen-bond donors (Lipinski definition) is 0. The molecule has 5 heteroatoms. The minimum Gasteiger partial charge on any atom is -0.479 e. The van der Waals surface area contributed by atoms with Crippen LogP contribution < -0.4 is 4.74 Å². The topological polar surface area (TPSA) is 69.2 Å². The molecule has 0 aliphatic heterocycles. The van der Waals surface area contributed by atoms with Gasteiger partial charge in [-0.05, 0) is 53.9 Å². The molecule has 1 aromatic heterocycles. The number of benzene rings is 1. The van der Waals surface area contributed by atoms with Crippen molar-refractivity contribution in [2.75, 3.05) is 6.61 Å². The van der Waals surface area contributed by atoms with Crippen molar-refractivity contribution in [1.29, 1.82) is 10.5 Å². The summed E-state index contributed by atoms with van der Waals surface area (Å²) in [7, 11) is 0. The second-order valence-electron chi connectivity index (χ2n) is 7.88. The average Bonchev–Trinajstić information content (AvgIpc) is 3.01. The molecule has 27 heavy (non-hydrogen) atoms. The summed E-state index contributed by atoms with van der Waals surface area (Å²) < 4.78 is 5.33. The van der Waals surface area contributed by atoms with Crippen LogP contribution in [0.2, 0.25) is 0 Å². The number of ether oxygens (including phenoxy) is 1. The van der Waals surface area contributed by atoms with Crippen molar-refractivity contribution < 1.29 is 4.74 Å². The molecule has 138 valence electrons. The van der Waals surface area contributed by atoms with Crippen molar-refractivity contribution in [2.45, 2.75) is 40.0 Å². The Morgan fingerprint density at radius 2 is 2.15 bits per heavy atom. The Hall–Kier alpha value is -2.63. The highest BCUT2D eigenvalue weighted by Crippen LogP contribution is 2.44. The number of aliphatic imine (C=N–C) groups is 1. The summed E-state index contributed by atoms with van der Waals surface area (Å²) in [5.41, 5.74) is 3.09.